The maximum absolute atomic E-state index is 12.4. The normalized spacial score (nSPS) is 19.9. The first-order chi connectivity index (χ1) is 13.7. The minimum absolute atomic E-state index is 0.00560. The van der Waals surface area contributed by atoms with E-state index in [0.717, 1.165) is 62.9 Å². The molecule has 0 saturated carbocycles. The molecule has 0 radical (unpaired) electrons. The maximum Gasteiger partial charge on any atom is 0.270 e. The second-order valence-electron chi connectivity index (χ2n) is 7.65. The Kier molecular flexibility index (Phi) is 6.17. The molecule has 1 amide bonds. The Bertz CT molecular complexity index is 864. The Labute approximate surface area is 168 Å². The average Bonchev–Trinajstić information content (AvgIpc) is 3.26. The predicted molar refractivity (Wildman–Crippen MR) is 109 cm³/mol. The van der Waals surface area contributed by atoms with Gasteiger partial charge in [0.2, 0.25) is 0 Å². The fourth-order valence-electron chi connectivity index (χ4n) is 4.20. The van der Waals surface area contributed by atoms with Crippen LogP contribution in [-0.4, -0.2) is 51.2 Å². The molecule has 1 aliphatic heterocycles. The number of likely N-dealkylation sites (tertiary alicyclic amines) is 1. The van der Waals surface area contributed by atoms with E-state index >= 15 is 0 Å². The van der Waals surface area contributed by atoms with Crippen molar-refractivity contribution in [1.82, 2.24) is 25.0 Å². The van der Waals surface area contributed by atoms with E-state index in [0.29, 0.717) is 24.8 Å². The highest BCUT2D eigenvalue weighted by atomic mass is 32.1. The minimum atomic E-state index is -0.112. The molecule has 1 aliphatic carbocycles. The van der Waals surface area contributed by atoms with E-state index < -0.39 is 0 Å². The molecule has 1 N–H and O–H groups in total. The van der Waals surface area contributed by atoms with Crippen molar-refractivity contribution < 1.29 is 4.79 Å². The zero-order valence-corrected chi connectivity index (χ0v) is 16.9. The van der Waals surface area contributed by atoms with E-state index in [2.05, 4.69) is 20.3 Å². The number of nitrogens with zero attached hydrogens (tertiary/aromatic N) is 4. The summed E-state index contributed by atoms with van der Waals surface area (Å²) in [5.74, 6) is -0.112. The van der Waals surface area contributed by atoms with E-state index in [1.165, 1.54) is 17.8 Å². The van der Waals surface area contributed by atoms with Crippen LogP contribution in [0, 0.1) is 0 Å². The molecular weight excluding hydrogens is 374 g/mol. The number of carbonyl (C=O) groups is 1. The van der Waals surface area contributed by atoms with Gasteiger partial charge in [-0.2, -0.15) is 5.10 Å². The van der Waals surface area contributed by atoms with Crippen LogP contribution < -0.4 is 10.9 Å². The van der Waals surface area contributed by atoms with Crippen molar-refractivity contribution in [3.8, 4) is 0 Å². The lowest BCUT2D eigenvalue weighted by Crippen LogP contribution is -2.48. The number of hydrogen-bond donors (Lipinski definition) is 1. The van der Waals surface area contributed by atoms with Crippen LogP contribution in [0.2, 0.25) is 0 Å². The molecule has 1 atom stereocenters. The molecular formula is C20H27N5O2S. The number of rotatable bonds is 6. The number of nitrogens with one attached hydrogen (secondary N) is 1. The molecule has 3 heterocycles. The van der Waals surface area contributed by atoms with Gasteiger partial charge in [0, 0.05) is 30.6 Å². The summed E-state index contributed by atoms with van der Waals surface area (Å²) < 4.78 is 1.63. The Morgan fingerprint density at radius 2 is 2.11 bits per heavy atom. The van der Waals surface area contributed by atoms with Crippen molar-refractivity contribution in [3.05, 3.63) is 44.3 Å². The Hall–Kier alpha value is -2.06. The molecule has 0 aromatic carbocycles. The zero-order valence-electron chi connectivity index (χ0n) is 16.1. The third-order valence-electron chi connectivity index (χ3n) is 5.79. The lowest BCUT2D eigenvalue weighted by Gasteiger charge is -2.35. The fourth-order valence-corrected chi connectivity index (χ4v) is 4.73. The van der Waals surface area contributed by atoms with Gasteiger partial charge in [-0.1, -0.05) is 6.42 Å². The predicted octanol–water partition coefficient (Wildman–Crippen LogP) is 1.86. The van der Waals surface area contributed by atoms with E-state index in [1.807, 2.05) is 0 Å². The summed E-state index contributed by atoms with van der Waals surface area (Å²) in [6, 6.07) is 2.08. The lowest BCUT2D eigenvalue weighted by molar-refractivity contribution is 0.0905. The van der Waals surface area contributed by atoms with Crippen LogP contribution in [0.4, 0.5) is 0 Å². The Morgan fingerprint density at radius 3 is 2.96 bits per heavy atom. The summed E-state index contributed by atoms with van der Waals surface area (Å²) in [6.45, 7) is 2.99. The van der Waals surface area contributed by atoms with Crippen LogP contribution in [0.25, 0.3) is 0 Å². The molecule has 2 aromatic heterocycles. The van der Waals surface area contributed by atoms with E-state index in [4.69, 9.17) is 0 Å². The first-order valence-electron chi connectivity index (χ1n) is 10.2. The molecule has 1 fully saturated rings. The van der Waals surface area contributed by atoms with Crippen LogP contribution >= 0.6 is 11.3 Å². The third-order valence-corrected chi connectivity index (χ3v) is 6.37. The van der Waals surface area contributed by atoms with E-state index in [1.54, 1.807) is 21.6 Å². The molecule has 7 nitrogen and oxygen atoms in total. The number of carbonyl (C=O) groups excluding carboxylic acids is 1. The standard InChI is InChI=1S/C20H27N5O2S/c26-19-11-15-5-1-2-7-17(15)23-25(19)10-9-24-8-4-3-6-16(24)12-21-20(27)18-13-28-14-22-18/h11,13-14,16H,1-10,12H2,(H,21,27). The van der Waals surface area contributed by atoms with Crippen molar-refractivity contribution >= 4 is 17.2 Å². The van der Waals surface area contributed by atoms with Crippen molar-refractivity contribution in [2.75, 3.05) is 19.6 Å². The number of thiazole rings is 1. The van der Waals surface area contributed by atoms with E-state index in [9.17, 15) is 9.59 Å². The highest BCUT2D eigenvalue weighted by Crippen LogP contribution is 2.18. The van der Waals surface area contributed by atoms with Crippen molar-refractivity contribution in [1.29, 1.82) is 0 Å². The number of aryl methyl sites for hydroxylation is 2. The first-order valence-corrected chi connectivity index (χ1v) is 11.2. The topological polar surface area (TPSA) is 80.1 Å². The van der Waals surface area contributed by atoms with Crippen LogP contribution in [-0.2, 0) is 19.4 Å². The lowest BCUT2D eigenvalue weighted by atomic mass is 9.97. The van der Waals surface area contributed by atoms with E-state index in [-0.39, 0.29) is 11.5 Å². The number of amides is 1. The van der Waals surface area contributed by atoms with Gasteiger partial charge in [0.05, 0.1) is 17.7 Å². The van der Waals surface area contributed by atoms with Crippen LogP contribution in [0.5, 0.6) is 0 Å². The number of aromatic nitrogens is 3. The summed E-state index contributed by atoms with van der Waals surface area (Å²) in [6.07, 6.45) is 7.65. The fraction of sp³-hybridized carbons (Fsp3) is 0.600. The van der Waals surface area contributed by atoms with Crippen molar-refractivity contribution in [3.63, 3.8) is 0 Å². The largest absolute Gasteiger partial charge is 0.349 e. The molecule has 4 rings (SSSR count). The summed E-state index contributed by atoms with van der Waals surface area (Å²) in [5.41, 5.74) is 4.39. The highest BCUT2D eigenvalue weighted by Gasteiger charge is 2.23. The molecule has 8 heteroatoms. The molecule has 2 aliphatic rings. The number of piperidine rings is 1. The van der Waals surface area contributed by atoms with Crippen LogP contribution in [0.1, 0.15) is 53.8 Å². The maximum atomic E-state index is 12.4. The molecule has 0 bridgehead atoms. The molecule has 0 spiro atoms. The van der Waals surface area contributed by atoms with Crippen LogP contribution in [0.15, 0.2) is 21.8 Å². The molecule has 28 heavy (non-hydrogen) atoms. The second-order valence-corrected chi connectivity index (χ2v) is 8.37. The van der Waals surface area contributed by atoms with Gasteiger partial charge >= 0.3 is 0 Å². The summed E-state index contributed by atoms with van der Waals surface area (Å²) in [5, 5.41) is 9.41. The number of hydrogen-bond acceptors (Lipinski definition) is 6. The Morgan fingerprint density at radius 1 is 1.21 bits per heavy atom. The van der Waals surface area contributed by atoms with Gasteiger partial charge in [-0.3, -0.25) is 14.5 Å². The second kappa shape index (κ2) is 8.96. The quantitative estimate of drug-likeness (QED) is 0.799. The number of fused-ring (bicyclic) bond motifs is 1. The van der Waals surface area contributed by atoms with Gasteiger partial charge in [0.25, 0.3) is 11.5 Å². The highest BCUT2D eigenvalue weighted by molar-refractivity contribution is 7.07. The summed E-state index contributed by atoms with van der Waals surface area (Å²) >= 11 is 1.42. The Balaban J connectivity index is 1.36. The molecule has 1 saturated heterocycles. The van der Waals surface area contributed by atoms with Gasteiger partial charge in [0.1, 0.15) is 5.69 Å². The van der Waals surface area contributed by atoms with Gasteiger partial charge in [-0.05, 0) is 50.6 Å². The first kappa shape index (κ1) is 19.3. The minimum Gasteiger partial charge on any atom is -0.349 e. The van der Waals surface area contributed by atoms with Crippen LogP contribution in [0.3, 0.4) is 0 Å². The summed E-state index contributed by atoms with van der Waals surface area (Å²) in [7, 11) is 0. The van der Waals surface area contributed by atoms with Crippen molar-refractivity contribution in [2.24, 2.45) is 0 Å². The van der Waals surface area contributed by atoms with Crippen molar-refractivity contribution in [2.45, 2.75) is 57.5 Å². The molecule has 150 valence electrons. The molecule has 2 aromatic rings. The molecule has 1 unspecified atom stereocenters. The zero-order chi connectivity index (χ0) is 19.3. The average molecular weight is 402 g/mol. The SMILES string of the molecule is O=C(NCC1CCCCN1CCn1nc2c(cc1=O)CCCC2)c1cscn1. The smallest absolute Gasteiger partial charge is 0.270 e. The summed E-state index contributed by atoms with van der Waals surface area (Å²) in [4.78, 5) is 31.0. The van der Waals surface area contributed by atoms with Gasteiger partial charge < -0.3 is 5.32 Å². The van der Waals surface area contributed by atoms with Gasteiger partial charge in [-0.25, -0.2) is 9.67 Å². The van der Waals surface area contributed by atoms with Gasteiger partial charge in [-0.15, -0.1) is 11.3 Å². The monoisotopic (exact) mass is 401 g/mol. The third kappa shape index (κ3) is 4.50. The van der Waals surface area contributed by atoms with Gasteiger partial charge in [0.15, 0.2) is 0 Å².